The number of hydrogen-bond acceptors (Lipinski definition) is 6. The number of nitro groups is 2. The number of nitrogens with zero attached hydrogens (tertiary/aromatic N) is 4. The largest absolute Gasteiger partial charge is 0.365 e. The summed E-state index contributed by atoms with van der Waals surface area (Å²) in [5, 5.41) is 31.2. The van der Waals surface area contributed by atoms with Crippen molar-refractivity contribution in [1.82, 2.24) is 0 Å². The van der Waals surface area contributed by atoms with E-state index >= 15 is 0 Å². The fraction of sp³-hybridized carbons (Fsp3) is 0.462. The Hall–Kier alpha value is -2.69. The fourth-order valence-electron chi connectivity index (χ4n) is 2.50. The van der Waals surface area contributed by atoms with Gasteiger partial charge in [-0.15, -0.1) is 0 Å². The highest BCUT2D eigenvalue weighted by Gasteiger charge is 2.29. The molecule has 0 spiro atoms. The van der Waals surface area contributed by atoms with Gasteiger partial charge in [0, 0.05) is 19.2 Å². The maximum atomic E-state index is 11.2. The summed E-state index contributed by atoms with van der Waals surface area (Å²) in [5.74, 6) is 0.531. The van der Waals surface area contributed by atoms with E-state index < -0.39 is 15.5 Å². The van der Waals surface area contributed by atoms with Crippen molar-refractivity contribution in [3.05, 3.63) is 37.9 Å². The summed E-state index contributed by atoms with van der Waals surface area (Å²) >= 11 is 0. The molecule has 0 bridgehead atoms. The summed E-state index contributed by atoms with van der Waals surface area (Å²) in [6.45, 7) is 3.32. The number of nitro benzene ring substituents is 2. The fourth-order valence-corrected chi connectivity index (χ4v) is 2.50. The second-order valence-corrected chi connectivity index (χ2v) is 5.16. The lowest BCUT2D eigenvalue weighted by Gasteiger charge is -2.32. The van der Waals surface area contributed by atoms with E-state index in [9.17, 15) is 25.5 Å². The van der Waals surface area contributed by atoms with Gasteiger partial charge in [-0.05, 0) is 18.8 Å². The van der Waals surface area contributed by atoms with E-state index in [1.165, 1.54) is 0 Å². The molecule has 0 unspecified atom stereocenters. The molecular formula is C13H14N4O4. The van der Waals surface area contributed by atoms with E-state index in [-0.39, 0.29) is 16.9 Å². The normalized spacial score (nSPS) is 15.5. The van der Waals surface area contributed by atoms with Gasteiger partial charge in [-0.2, -0.15) is 5.26 Å². The van der Waals surface area contributed by atoms with E-state index in [1.54, 1.807) is 4.90 Å². The maximum absolute atomic E-state index is 11.2. The Morgan fingerprint density at radius 2 is 1.86 bits per heavy atom. The maximum Gasteiger partial charge on any atom is 0.300 e. The van der Waals surface area contributed by atoms with Crippen LogP contribution < -0.4 is 4.90 Å². The van der Waals surface area contributed by atoms with Crippen LogP contribution in [0.4, 0.5) is 17.1 Å². The van der Waals surface area contributed by atoms with Crippen LogP contribution in [0, 0.1) is 37.5 Å². The van der Waals surface area contributed by atoms with Crippen LogP contribution in [0.2, 0.25) is 0 Å². The first kappa shape index (κ1) is 14.7. The third-order valence-corrected chi connectivity index (χ3v) is 3.70. The number of non-ortho nitro benzene ring substituents is 1. The Morgan fingerprint density at radius 3 is 2.33 bits per heavy atom. The number of anilines is 1. The second-order valence-electron chi connectivity index (χ2n) is 5.16. The van der Waals surface area contributed by atoms with Gasteiger partial charge in [0.15, 0.2) is 0 Å². The van der Waals surface area contributed by atoms with Crippen LogP contribution in [-0.4, -0.2) is 22.9 Å². The highest BCUT2D eigenvalue weighted by Crippen LogP contribution is 2.37. The van der Waals surface area contributed by atoms with E-state index in [1.807, 2.05) is 6.07 Å². The van der Waals surface area contributed by atoms with Gasteiger partial charge in [-0.1, -0.05) is 6.92 Å². The zero-order chi connectivity index (χ0) is 15.6. The minimum atomic E-state index is -0.726. The minimum Gasteiger partial charge on any atom is -0.365 e. The molecule has 110 valence electrons. The van der Waals surface area contributed by atoms with Crippen LogP contribution in [0.25, 0.3) is 0 Å². The standard InChI is InChI=1S/C13H14N4O4/c1-9-2-4-15(5-3-9)13-10(8-14)6-11(16(18)19)7-12(13)17(20)21/h6-7,9H,2-5H2,1H3. The van der Waals surface area contributed by atoms with Crippen molar-refractivity contribution in [2.45, 2.75) is 19.8 Å². The van der Waals surface area contributed by atoms with Crippen LogP contribution in [0.3, 0.4) is 0 Å². The molecule has 21 heavy (non-hydrogen) atoms. The number of nitriles is 1. The third kappa shape index (κ3) is 2.91. The van der Waals surface area contributed by atoms with Crippen LogP contribution in [0.15, 0.2) is 12.1 Å². The van der Waals surface area contributed by atoms with E-state index in [4.69, 9.17) is 0 Å². The first-order valence-electron chi connectivity index (χ1n) is 6.56. The molecule has 0 amide bonds. The van der Waals surface area contributed by atoms with Crippen LogP contribution in [0.5, 0.6) is 0 Å². The van der Waals surface area contributed by atoms with Crippen molar-refractivity contribution >= 4 is 17.1 Å². The predicted molar refractivity (Wildman–Crippen MR) is 75.1 cm³/mol. The van der Waals surface area contributed by atoms with Crippen LogP contribution in [-0.2, 0) is 0 Å². The molecule has 1 fully saturated rings. The van der Waals surface area contributed by atoms with Crippen LogP contribution in [0.1, 0.15) is 25.3 Å². The molecule has 0 aromatic heterocycles. The predicted octanol–water partition coefficient (Wildman–Crippen LogP) is 2.61. The zero-order valence-electron chi connectivity index (χ0n) is 11.5. The Kier molecular flexibility index (Phi) is 4.03. The molecule has 1 aromatic carbocycles. The van der Waals surface area contributed by atoms with Crippen molar-refractivity contribution in [3.63, 3.8) is 0 Å². The first-order valence-corrected chi connectivity index (χ1v) is 6.56. The van der Waals surface area contributed by atoms with Gasteiger partial charge >= 0.3 is 5.69 Å². The summed E-state index contributed by atoms with van der Waals surface area (Å²) in [5.41, 5.74) is -0.645. The summed E-state index contributed by atoms with van der Waals surface area (Å²) in [6.07, 6.45) is 1.75. The zero-order valence-corrected chi connectivity index (χ0v) is 11.5. The van der Waals surface area contributed by atoms with Crippen molar-refractivity contribution < 1.29 is 9.85 Å². The molecule has 1 saturated heterocycles. The molecule has 0 N–H and O–H groups in total. The molecule has 2 rings (SSSR count). The van der Waals surface area contributed by atoms with Gasteiger partial charge in [-0.3, -0.25) is 20.2 Å². The molecule has 8 nitrogen and oxygen atoms in total. The average Bonchev–Trinajstić information content (AvgIpc) is 2.46. The van der Waals surface area contributed by atoms with Gasteiger partial charge in [-0.25, -0.2) is 0 Å². The molecule has 0 atom stereocenters. The van der Waals surface area contributed by atoms with Crippen molar-refractivity contribution in [2.24, 2.45) is 5.92 Å². The SMILES string of the molecule is CC1CCN(c2c(C#N)cc([N+](=O)[O-])cc2[N+](=O)[O-])CC1. The monoisotopic (exact) mass is 290 g/mol. The molecule has 1 aromatic rings. The minimum absolute atomic E-state index is 0.0227. The summed E-state index contributed by atoms with van der Waals surface area (Å²) < 4.78 is 0. The van der Waals surface area contributed by atoms with Crippen molar-refractivity contribution in [3.8, 4) is 6.07 Å². The van der Waals surface area contributed by atoms with Crippen molar-refractivity contribution in [1.29, 1.82) is 5.26 Å². The van der Waals surface area contributed by atoms with Crippen LogP contribution >= 0.6 is 0 Å². The van der Waals surface area contributed by atoms with E-state index in [2.05, 4.69) is 6.92 Å². The Bertz CT molecular complexity index is 630. The molecule has 1 aliphatic rings. The highest BCUT2D eigenvalue weighted by atomic mass is 16.6. The van der Waals surface area contributed by atoms with Gasteiger partial charge in [0.25, 0.3) is 5.69 Å². The first-order chi connectivity index (χ1) is 9.93. The number of hydrogen-bond donors (Lipinski definition) is 0. The molecule has 0 aliphatic carbocycles. The summed E-state index contributed by atoms with van der Waals surface area (Å²) in [7, 11) is 0. The third-order valence-electron chi connectivity index (χ3n) is 3.70. The molecule has 0 saturated carbocycles. The smallest absolute Gasteiger partial charge is 0.300 e. The molecule has 0 radical (unpaired) electrons. The lowest BCUT2D eigenvalue weighted by Crippen LogP contribution is -2.33. The Balaban J connectivity index is 2.55. The lowest BCUT2D eigenvalue weighted by atomic mass is 9.97. The number of piperidine rings is 1. The second kappa shape index (κ2) is 5.75. The van der Waals surface area contributed by atoms with E-state index in [0.29, 0.717) is 19.0 Å². The molecular weight excluding hydrogens is 276 g/mol. The van der Waals surface area contributed by atoms with Gasteiger partial charge in [0.1, 0.15) is 11.8 Å². The summed E-state index contributed by atoms with van der Waals surface area (Å²) in [4.78, 5) is 22.4. The van der Waals surface area contributed by atoms with Crippen molar-refractivity contribution in [2.75, 3.05) is 18.0 Å². The number of benzene rings is 1. The lowest BCUT2D eigenvalue weighted by molar-refractivity contribution is -0.393. The van der Waals surface area contributed by atoms with Gasteiger partial charge < -0.3 is 4.90 Å². The summed E-state index contributed by atoms with van der Waals surface area (Å²) in [6, 6.07) is 3.87. The molecule has 1 heterocycles. The van der Waals surface area contributed by atoms with Gasteiger partial charge in [0.2, 0.25) is 0 Å². The van der Waals surface area contributed by atoms with E-state index in [0.717, 1.165) is 25.0 Å². The quantitative estimate of drug-likeness (QED) is 0.624. The molecule has 8 heteroatoms. The number of rotatable bonds is 3. The average molecular weight is 290 g/mol. The Morgan fingerprint density at radius 1 is 1.24 bits per heavy atom. The molecule has 1 aliphatic heterocycles. The topological polar surface area (TPSA) is 113 Å². The highest BCUT2D eigenvalue weighted by molar-refractivity contribution is 5.75. The Labute approximate surface area is 120 Å². The van der Waals surface area contributed by atoms with Gasteiger partial charge in [0.05, 0.1) is 21.5 Å².